The molecule has 0 radical (unpaired) electrons. The van der Waals surface area contributed by atoms with Crippen molar-refractivity contribution < 1.29 is 9.90 Å². The van der Waals surface area contributed by atoms with Crippen LogP contribution in [0.3, 0.4) is 0 Å². The second-order valence-electron chi connectivity index (χ2n) is 19.4. The molecule has 1 aliphatic heterocycles. The van der Waals surface area contributed by atoms with Gasteiger partial charge in [0.2, 0.25) is 5.91 Å². The van der Waals surface area contributed by atoms with Gasteiger partial charge in [0, 0.05) is 6.54 Å². The number of aryl methyl sites for hydroxylation is 1. The lowest BCUT2D eigenvalue weighted by atomic mass is 9.32. The first kappa shape index (κ1) is 33.7. The van der Waals surface area contributed by atoms with E-state index in [2.05, 4.69) is 89.2 Å². The third-order valence-corrected chi connectivity index (χ3v) is 17.3. The third kappa shape index (κ3) is 4.58. The Kier molecular flexibility index (Phi) is 7.78. The van der Waals surface area contributed by atoms with Crippen molar-refractivity contribution >= 4 is 5.91 Å². The zero-order chi connectivity index (χ0) is 34.7. The molecule has 0 spiro atoms. The number of aromatic nitrogens is 2. The van der Waals surface area contributed by atoms with Crippen LogP contribution < -0.4 is 0 Å². The maximum atomic E-state index is 15.4. The summed E-state index contributed by atoms with van der Waals surface area (Å²) in [4.78, 5) is 26.2. The topological polar surface area (TPSA) is 69.2 Å². The number of carbonyl (C=O) groups excluding carboxylic acids is 1. The fourth-order valence-electron chi connectivity index (χ4n) is 14.5. The summed E-state index contributed by atoms with van der Waals surface area (Å²) in [7, 11) is 0. The predicted octanol–water partition coefficient (Wildman–Crippen LogP) is 10.1. The van der Waals surface area contributed by atoms with E-state index in [0.29, 0.717) is 35.5 Å². The van der Waals surface area contributed by atoms with Gasteiger partial charge in [-0.2, -0.15) is 0 Å². The van der Waals surface area contributed by atoms with Gasteiger partial charge >= 0.3 is 0 Å². The number of likely N-dealkylation sites (tertiary alicyclic amines) is 1. The van der Waals surface area contributed by atoms with E-state index >= 15 is 4.79 Å². The van der Waals surface area contributed by atoms with Crippen LogP contribution in [0.1, 0.15) is 136 Å². The molecule has 5 nitrogen and oxygen atoms in total. The Balaban J connectivity index is 1.12. The van der Waals surface area contributed by atoms with E-state index < -0.39 is 0 Å². The molecule has 1 saturated heterocycles. The monoisotopic (exact) mass is 665 g/mol. The number of amides is 1. The molecule has 1 aromatic heterocycles. The number of nitrogens with zero attached hydrogens (tertiary/aromatic N) is 2. The minimum Gasteiger partial charge on any atom is -0.393 e. The average molecular weight is 666 g/mol. The van der Waals surface area contributed by atoms with Crippen LogP contribution in [0.15, 0.2) is 42.6 Å². The average Bonchev–Trinajstić information content (AvgIpc) is 3.82. The lowest BCUT2D eigenvalue weighted by Crippen LogP contribution is -2.67. The van der Waals surface area contributed by atoms with Crippen molar-refractivity contribution in [3.8, 4) is 11.3 Å². The highest BCUT2D eigenvalue weighted by molar-refractivity contribution is 5.84. The molecule has 0 bridgehead atoms. The summed E-state index contributed by atoms with van der Waals surface area (Å²) in [5.41, 5.74) is 5.10. The van der Waals surface area contributed by atoms with Crippen LogP contribution in [0.2, 0.25) is 0 Å². The van der Waals surface area contributed by atoms with Gasteiger partial charge in [0.15, 0.2) is 0 Å². The Morgan fingerprint density at radius 3 is 2.39 bits per heavy atom. The zero-order valence-electron chi connectivity index (χ0n) is 31.6. The van der Waals surface area contributed by atoms with Crippen LogP contribution in [0, 0.1) is 63.6 Å². The molecular formula is C44H63N3O2. The fourth-order valence-corrected chi connectivity index (χ4v) is 14.5. The minimum atomic E-state index is -0.302. The molecule has 2 N–H and O–H groups in total. The summed E-state index contributed by atoms with van der Waals surface area (Å²) in [6.45, 7) is 22.5. The van der Waals surface area contributed by atoms with Crippen LogP contribution in [-0.2, 0) is 4.79 Å². The lowest BCUT2D eigenvalue weighted by molar-refractivity contribution is -0.247. The van der Waals surface area contributed by atoms with Crippen LogP contribution in [0.5, 0.6) is 0 Å². The highest BCUT2D eigenvalue weighted by Gasteiger charge is 2.72. The van der Waals surface area contributed by atoms with Gasteiger partial charge < -0.3 is 15.0 Å². The number of hydrogen-bond acceptors (Lipinski definition) is 3. The van der Waals surface area contributed by atoms with E-state index in [1.807, 2.05) is 6.20 Å². The number of rotatable bonds is 4. The number of allylic oxidation sites excluding steroid dienone is 1. The first-order chi connectivity index (χ1) is 23.2. The quantitative estimate of drug-likeness (QED) is 0.320. The predicted molar refractivity (Wildman–Crippen MR) is 197 cm³/mol. The Bertz CT molecular complexity index is 1620. The number of aromatic amines is 1. The van der Waals surface area contributed by atoms with Gasteiger partial charge in [-0.3, -0.25) is 4.79 Å². The Morgan fingerprint density at radius 2 is 1.65 bits per heavy atom. The number of nitrogens with one attached hydrogen (secondary N) is 1. The van der Waals surface area contributed by atoms with Gasteiger partial charge in [0.1, 0.15) is 5.82 Å². The van der Waals surface area contributed by atoms with Gasteiger partial charge in [-0.15, -0.1) is 0 Å². The molecule has 266 valence electrons. The molecule has 5 aliphatic carbocycles. The van der Waals surface area contributed by atoms with E-state index in [1.165, 1.54) is 36.8 Å². The summed E-state index contributed by atoms with van der Waals surface area (Å²) in [5.74, 6) is 3.93. The van der Waals surface area contributed by atoms with E-state index in [1.54, 1.807) is 0 Å². The zero-order valence-corrected chi connectivity index (χ0v) is 31.6. The summed E-state index contributed by atoms with van der Waals surface area (Å²) in [6, 6.07) is 8.63. The van der Waals surface area contributed by atoms with Crippen molar-refractivity contribution in [2.24, 2.45) is 56.7 Å². The summed E-state index contributed by atoms with van der Waals surface area (Å²) < 4.78 is 0. The Hall–Kier alpha value is -2.40. The molecule has 2 aromatic rings. The molecule has 2 heterocycles. The Morgan fingerprint density at radius 1 is 0.898 bits per heavy atom. The summed E-state index contributed by atoms with van der Waals surface area (Å²) in [5, 5.41) is 11.1. The number of benzene rings is 1. The van der Waals surface area contributed by atoms with Crippen molar-refractivity contribution in [3.05, 3.63) is 54.0 Å². The van der Waals surface area contributed by atoms with Crippen molar-refractivity contribution in [3.63, 3.8) is 0 Å². The van der Waals surface area contributed by atoms with Crippen LogP contribution in [0.25, 0.3) is 11.3 Å². The third-order valence-electron chi connectivity index (χ3n) is 17.3. The largest absolute Gasteiger partial charge is 0.393 e. The first-order valence-corrected chi connectivity index (χ1v) is 19.9. The second-order valence-corrected chi connectivity index (χ2v) is 19.4. The molecule has 0 unspecified atom stereocenters. The Labute approximate surface area is 296 Å². The van der Waals surface area contributed by atoms with Gasteiger partial charge in [-0.25, -0.2) is 4.98 Å². The van der Waals surface area contributed by atoms with E-state index in [-0.39, 0.29) is 39.2 Å². The highest BCUT2D eigenvalue weighted by Crippen LogP contribution is 2.77. The molecule has 49 heavy (non-hydrogen) atoms. The van der Waals surface area contributed by atoms with Gasteiger partial charge in [-0.05, 0) is 148 Å². The number of hydrogen-bond donors (Lipinski definition) is 2. The van der Waals surface area contributed by atoms with Crippen LogP contribution >= 0.6 is 0 Å². The van der Waals surface area contributed by atoms with E-state index in [0.717, 1.165) is 75.0 Å². The SMILES string of the molecule is C=C(C)[C@@H]1CC[C@]2(C(=O)N3CCC[C@H]3c3ncc(-c4ccc(C)cc4)[nH]3)CC[C@]3(C)[C@H](CC[C@@H]4[C@@]5(C)CC[C@H](O)C(C)(C)[C@@H]5CC[C@]43C)[C@@H]12. The smallest absolute Gasteiger partial charge is 0.229 e. The maximum absolute atomic E-state index is 15.4. The van der Waals surface area contributed by atoms with Crippen LogP contribution in [0.4, 0.5) is 0 Å². The summed E-state index contributed by atoms with van der Waals surface area (Å²) >= 11 is 0. The highest BCUT2D eigenvalue weighted by atomic mass is 16.3. The van der Waals surface area contributed by atoms with E-state index in [4.69, 9.17) is 4.98 Å². The molecule has 1 aromatic carbocycles. The summed E-state index contributed by atoms with van der Waals surface area (Å²) in [6.07, 6.45) is 15.1. The molecule has 1 amide bonds. The number of imidazole rings is 1. The van der Waals surface area contributed by atoms with Crippen molar-refractivity contribution in [1.29, 1.82) is 0 Å². The van der Waals surface area contributed by atoms with Gasteiger partial charge in [0.05, 0.1) is 29.5 Å². The molecule has 5 saturated carbocycles. The molecular weight excluding hydrogens is 603 g/mol. The normalized spacial score (nSPS) is 44.1. The molecule has 6 fully saturated rings. The molecule has 5 heteroatoms. The molecule has 6 aliphatic rings. The number of aliphatic hydroxyl groups is 1. The first-order valence-electron chi connectivity index (χ1n) is 19.9. The van der Waals surface area contributed by atoms with Gasteiger partial charge in [0.25, 0.3) is 0 Å². The van der Waals surface area contributed by atoms with Crippen molar-refractivity contribution in [2.45, 2.75) is 138 Å². The van der Waals surface area contributed by atoms with Crippen molar-refractivity contribution in [2.75, 3.05) is 6.54 Å². The van der Waals surface area contributed by atoms with Gasteiger partial charge in [-0.1, -0.05) is 76.6 Å². The lowest BCUT2D eigenvalue weighted by Gasteiger charge is -2.73. The molecule has 11 atom stereocenters. The number of aliphatic hydroxyl groups excluding tert-OH is 1. The maximum Gasteiger partial charge on any atom is 0.229 e. The number of carbonyl (C=O) groups is 1. The van der Waals surface area contributed by atoms with Crippen LogP contribution in [-0.4, -0.2) is 38.5 Å². The number of H-pyrrole nitrogens is 1. The van der Waals surface area contributed by atoms with Crippen molar-refractivity contribution in [1.82, 2.24) is 14.9 Å². The minimum absolute atomic E-state index is 0.0207. The number of fused-ring (bicyclic) bond motifs is 7. The standard InChI is InChI=1S/C44H63N3O2/c1-27(2)30-17-22-44(39(49)47-25-9-10-33(47)38-45-26-32(46-38)29-13-11-28(3)12-14-29)24-23-42(7)31(37(30)44)15-16-35-41(6)20-19-36(48)40(4,5)34(41)18-21-43(35,42)8/h11-14,26,30-31,33-37,48H,1,9-10,15-25H2,2-8H3,(H,45,46)/t30-,31+,33-,34-,35+,36-,37+,41-,42+,43+,44-/m0/s1. The molecule has 8 rings (SSSR count). The second kappa shape index (κ2) is 11.3. The fraction of sp³-hybridized carbons (Fsp3) is 0.727. The van der Waals surface area contributed by atoms with E-state index in [9.17, 15) is 5.11 Å².